The van der Waals surface area contributed by atoms with Crippen LogP contribution in [-0.2, 0) is 0 Å². The topological polar surface area (TPSA) is 92.2 Å². The van der Waals surface area contributed by atoms with E-state index in [0.29, 0.717) is 11.4 Å². The van der Waals surface area contributed by atoms with Crippen LogP contribution >= 0.6 is 11.3 Å². The van der Waals surface area contributed by atoms with Gasteiger partial charge in [0.05, 0.1) is 11.4 Å². The summed E-state index contributed by atoms with van der Waals surface area (Å²) in [5.41, 5.74) is 1.13. The first-order valence-corrected chi connectivity index (χ1v) is 5.87. The van der Waals surface area contributed by atoms with Crippen molar-refractivity contribution in [2.45, 2.75) is 6.92 Å². The zero-order valence-corrected chi connectivity index (χ0v) is 10.2. The molecule has 0 spiro atoms. The van der Waals surface area contributed by atoms with Crippen molar-refractivity contribution < 1.29 is 14.7 Å². The number of rotatable bonds is 3. The smallest absolute Gasteiger partial charge is 0.355 e. The largest absolute Gasteiger partial charge is 0.476 e. The number of carboxylic acid groups (broad SMARTS) is 1. The maximum atomic E-state index is 11.8. The van der Waals surface area contributed by atoms with Gasteiger partial charge in [-0.15, -0.1) is 11.3 Å². The highest BCUT2D eigenvalue weighted by molar-refractivity contribution is 7.12. The molecule has 6 nitrogen and oxygen atoms in total. The number of amides is 1. The number of thiazole rings is 1. The molecule has 2 rings (SSSR count). The van der Waals surface area contributed by atoms with Gasteiger partial charge in [0, 0.05) is 11.6 Å². The molecule has 1 amide bonds. The number of aryl methyl sites for hydroxylation is 1. The highest BCUT2D eigenvalue weighted by atomic mass is 32.1. The van der Waals surface area contributed by atoms with E-state index in [9.17, 15) is 9.59 Å². The van der Waals surface area contributed by atoms with Gasteiger partial charge < -0.3 is 10.4 Å². The summed E-state index contributed by atoms with van der Waals surface area (Å²) < 4.78 is 0. The molecule has 92 valence electrons. The van der Waals surface area contributed by atoms with Gasteiger partial charge in [-0.2, -0.15) is 0 Å². The van der Waals surface area contributed by atoms with Crippen molar-refractivity contribution >= 4 is 28.9 Å². The molecule has 0 fully saturated rings. The third kappa shape index (κ3) is 2.51. The van der Waals surface area contributed by atoms with Crippen molar-refractivity contribution in [3.8, 4) is 0 Å². The van der Waals surface area contributed by atoms with Gasteiger partial charge in [0.15, 0.2) is 10.7 Å². The van der Waals surface area contributed by atoms with Gasteiger partial charge >= 0.3 is 5.97 Å². The van der Waals surface area contributed by atoms with Crippen LogP contribution in [-0.4, -0.2) is 27.0 Å². The van der Waals surface area contributed by atoms with E-state index in [4.69, 9.17) is 5.11 Å². The van der Waals surface area contributed by atoms with Crippen LogP contribution in [0.3, 0.4) is 0 Å². The molecule has 0 saturated carbocycles. The fourth-order valence-corrected chi connectivity index (χ4v) is 1.95. The van der Waals surface area contributed by atoms with Gasteiger partial charge in [0.25, 0.3) is 5.91 Å². The number of aromatic carboxylic acids is 1. The molecule has 2 heterocycles. The molecule has 0 aromatic carbocycles. The number of hydrogen-bond acceptors (Lipinski definition) is 5. The number of nitrogens with zero attached hydrogens (tertiary/aromatic N) is 2. The first-order chi connectivity index (χ1) is 8.58. The SMILES string of the molecule is Cc1ncccc1NC(=O)c1nc(C(=O)O)cs1. The van der Waals surface area contributed by atoms with Crippen molar-refractivity contribution in [1.82, 2.24) is 9.97 Å². The molecule has 0 aliphatic rings. The van der Waals surface area contributed by atoms with E-state index in [1.807, 2.05) is 0 Å². The zero-order chi connectivity index (χ0) is 13.1. The summed E-state index contributed by atoms with van der Waals surface area (Å²) >= 11 is 0.987. The minimum atomic E-state index is -1.15. The Morgan fingerprint density at radius 3 is 2.83 bits per heavy atom. The van der Waals surface area contributed by atoms with E-state index >= 15 is 0 Å². The molecule has 18 heavy (non-hydrogen) atoms. The molecule has 0 bridgehead atoms. The Morgan fingerprint density at radius 1 is 1.44 bits per heavy atom. The van der Waals surface area contributed by atoms with Gasteiger partial charge in [-0.25, -0.2) is 9.78 Å². The Kier molecular flexibility index (Phi) is 3.33. The first kappa shape index (κ1) is 12.2. The number of carboxylic acids is 1. The van der Waals surface area contributed by atoms with Crippen LogP contribution in [0, 0.1) is 6.92 Å². The lowest BCUT2D eigenvalue weighted by atomic mass is 10.3. The molecule has 0 saturated heterocycles. The molecule has 0 atom stereocenters. The standard InChI is InChI=1S/C11H9N3O3S/c1-6-7(3-2-4-12-6)13-9(15)10-14-8(5-18-10)11(16)17/h2-5H,1H3,(H,13,15)(H,16,17). The summed E-state index contributed by atoms with van der Waals surface area (Å²) in [4.78, 5) is 30.2. The summed E-state index contributed by atoms with van der Waals surface area (Å²) in [6, 6.07) is 3.42. The highest BCUT2D eigenvalue weighted by Crippen LogP contribution is 2.15. The number of pyridine rings is 1. The number of anilines is 1. The summed E-state index contributed by atoms with van der Waals surface area (Å²) in [5.74, 6) is -1.59. The van der Waals surface area contributed by atoms with E-state index in [-0.39, 0.29) is 10.7 Å². The Labute approximate surface area is 106 Å². The van der Waals surface area contributed by atoms with Crippen LogP contribution in [0.25, 0.3) is 0 Å². The van der Waals surface area contributed by atoms with Crippen LogP contribution in [0.15, 0.2) is 23.7 Å². The predicted octanol–water partition coefficient (Wildman–Crippen LogP) is 1.80. The number of aromatic nitrogens is 2. The monoisotopic (exact) mass is 263 g/mol. The normalized spacial score (nSPS) is 10.1. The van der Waals surface area contributed by atoms with Crippen LogP contribution in [0.2, 0.25) is 0 Å². The number of hydrogen-bond donors (Lipinski definition) is 2. The van der Waals surface area contributed by atoms with Gasteiger partial charge in [-0.3, -0.25) is 9.78 Å². The molecular weight excluding hydrogens is 254 g/mol. The predicted molar refractivity (Wildman–Crippen MR) is 66.0 cm³/mol. The average Bonchev–Trinajstić information content (AvgIpc) is 2.81. The third-order valence-electron chi connectivity index (χ3n) is 2.17. The first-order valence-electron chi connectivity index (χ1n) is 4.99. The minimum Gasteiger partial charge on any atom is -0.476 e. The molecule has 0 radical (unpaired) electrons. The van der Waals surface area contributed by atoms with Crippen LogP contribution in [0.4, 0.5) is 5.69 Å². The van der Waals surface area contributed by atoms with E-state index in [0.717, 1.165) is 11.3 Å². The van der Waals surface area contributed by atoms with Crippen molar-refractivity contribution in [3.63, 3.8) is 0 Å². The van der Waals surface area contributed by atoms with Crippen LogP contribution in [0.5, 0.6) is 0 Å². The molecule has 2 N–H and O–H groups in total. The van der Waals surface area contributed by atoms with Crippen molar-refractivity contribution in [2.24, 2.45) is 0 Å². The number of nitrogens with one attached hydrogen (secondary N) is 1. The van der Waals surface area contributed by atoms with E-state index < -0.39 is 11.9 Å². The Hall–Kier alpha value is -2.28. The number of carbonyl (C=O) groups is 2. The van der Waals surface area contributed by atoms with Crippen LogP contribution < -0.4 is 5.32 Å². The molecule has 7 heteroatoms. The molecule has 0 aliphatic heterocycles. The number of carbonyl (C=O) groups excluding carboxylic acids is 1. The summed E-state index contributed by atoms with van der Waals surface area (Å²) in [6.45, 7) is 1.76. The van der Waals surface area contributed by atoms with Gasteiger partial charge in [0.2, 0.25) is 0 Å². The fraction of sp³-hybridized carbons (Fsp3) is 0.0909. The lowest BCUT2D eigenvalue weighted by Crippen LogP contribution is -2.13. The molecule has 2 aromatic heterocycles. The lowest BCUT2D eigenvalue weighted by molar-refractivity contribution is 0.0691. The lowest BCUT2D eigenvalue weighted by Gasteiger charge is -2.04. The fourth-order valence-electron chi connectivity index (χ4n) is 1.27. The Balaban J connectivity index is 2.17. The summed E-state index contributed by atoms with van der Waals surface area (Å²) in [7, 11) is 0. The summed E-state index contributed by atoms with van der Waals surface area (Å²) in [6.07, 6.45) is 1.62. The Morgan fingerprint density at radius 2 is 2.22 bits per heavy atom. The second kappa shape index (κ2) is 4.92. The maximum absolute atomic E-state index is 11.8. The van der Waals surface area contributed by atoms with Crippen molar-refractivity contribution in [1.29, 1.82) is 0 Å². The van der Waals surface area contributed by atoms with Crippen molar-refractivity contribution in [3.05, 3.63) is 40.1 Å². The summed E-state index contributed by atoms with van der Waals surface area (Å²) in [5, 5.41) is 12.8. The molecule has 0 unspecified atom stereocenters. The van der Waals surface area contributed by atoms with Gasteiger partial charge in [0.1, 0.15) is 0 Å². The quantitative estimate of drug-likeness (QED) is 0.880. The Bertz CT molecular complexity index is 609. The molecular formula is C11H9N3O3S. The van der Waals surface area contributed by atoms with E-state index in [2.05, 4.69) is 15.3 Å². The zero-order valence-electron chi connectivity index (χ0n) is 9.38. The second-order valence-electron chi connectivity index (χ2n) is 3.43. The highest BCUT2D eigenvalue weighted by Gasteiger charge is 2.15. The average molecular weight is 263 g/mol. The van der Waals surface area contributed by atoms with Crippen LogP contribution in [0.1, 0.15) is 26.0 Å². The van der Waals surface area contributed by atoms with Crippen molar-refractivity contribution in [2.75, 3.05) is 5.32 Å². The minimum absolute atomic E-state index is 0.107. The van der Waals surface area contributed by atoms with E-state index in [1.165, 1.54) is 5.38 Å². The van der Waals surface area contributed by atoms with Gasteiger partial charge in [-0.1, -0.05) is 0 Å². The second-order valence-corrected chi connectivity index (χ2v) is 4.29. The molecule has 0 aliphatic carbocycles. The molecule has 2 aromatic rings. The van der Waals surface area contributed by atoms with E-state index in [1.54, 1.807) is 25.3 Å². The maximum Gasteiger partial charge on any atom is 0.355 e. The van der Waals surface area contributed by atoms with Gasteiger partial charge in [-0.05, 0) is 19.1 Å². The third-order valence-corrected chi connectivity index (χ3v) is 3.01.